The van der Waals surface area contributed by atoms with Crippen LogP contribution in [0.4, 0.5) is 0 Å². The summed E-state index contributed by atoms with van der Waals surface area (Å²) in [6.07, 6.45) is 0. The molecule has 122 valence electrons. The van der Waals surface area contributed by atoms with Crippen molar-refractivity contribution in [2.24, 2.45) is 0 Å². The average Bonchev–Trinajstić information content (AvgIpc) is 2.86. The van der Waals surface area contributed by atoms with Crippen molar-refractivity contribution in [3.63, 3.8) is 0 Å². The van der Waals surface area contributed by atoms with E-state index in [-0.39, 0.29) is 5.69 Å². The number of hydrogen-bond acceptors (Lipinski definition) is 2. The number of aromatic carboxylic acids is 1. The molecule has 0 spiro atoms. The van der Waals surface area contributed by atoms with Gasteiger partial charge in [-0.3, -0.25) is 4.57 Å². The van der Waals surface area contributed by atoms with E-state index in [4.69, 9.17) is 23.2 Å². The highest BCUT2D eigenvalue weighted by molar-refractivity contribution is 9.10. The van der Waals surface area contributed by atoms with E-state index in [1.165, 1.54) is 0 Å². The van der Waals surface area contributed by atoms with E-state index in [0.717, 1.165) is 10.2 Å². The Morgan fingerprint density at radius 2 is 1.83 bits per heavy atom. The number of benzene rings is 2. The van der Waals surface area contributed by atoms with E-state index in [9.17, 15) is 9.90 Å². The summed E-state index contributed by atoms with van der Waals surface area (Å²) >= 11 is 15.6. The van der Waals surface area contributed by atoms with Crippen LogP contribution in [0.5, 0.6) is 0 Å². The number of nitrogens with zero attached hydrogens (tertiary/aromatic N) is 2. The van der Waals surface area contributed by atoms with Crippen LogP contribution in [0.2, 0.25) is 10.0 Å². The molecule has 3 rings (SSSR count). The van der Waals surface area contributed by atoms with Crippen LogP contribution in [0, 0.1) is 6.92 Å². The second kappa shape index (κ2) is 6.59. The lowest BCUT2D eigenvalue weighted by atomic mass is 10.2. The standard InChI is InChI=1S/C17H11BrCl2N2O2/c1-9-15(17(23)24)21-16(13-7-4-11(19)8-14(13)20)22(9)12-5-2-10(18)3-6-12/h2-8H,1H3,(H,23,24). The largest absolute Gasteiger partial charge is 0.476 e. The smallest absolute Gasteiger partial charge is 0.356 e. The summed E-state index contributed by atoms with van der Waals surface area (Å²) in [5.41, 5.74) is 1.90. The van der Waals surface area contributed by atoms with Gasteiger partial charge in [-0.1, -0.05) is 39.1 Å². The van der Waals surface area contributed by atoms with Gasteiger partial charge in [-0.2, -0.15) is 0 Å². The van der Waals surface area contributed by atoms with Crippen LogP contribution in [0.15, 0.2) is 46.9 Å². The number of aromatic nitrogens is 2. The van der Waals surface area contributed by atoms with Gasteiger partial charge in [0.1, 0.15) is 5.82 Å². The Labute approximate surface area is 156 Å². The molecular weight excluding hydrogens is 415 g/mol. The van der Waals surface area contributed by atoms with Crippen molar-refractivity contribution in [3.8, 4) is 17.1 Å². The first-order chi connectivity index (χ1) is 11.4. The number of imidazole rings is 1. The second-order valence-corrected chi connectivity index (χ2v) is 6.87. The van der Waals surface area contributed by atoms with Gasteiger partial charge in [-0.15, -0.1) is 0 Å². The number of carboxylic acid groups (broad SMARTS) is 1. The SMILES string of the molecule is Cc1c(C(=O)O)nc(-c2ccc(Cl)cc2Cl)n1-c1ccc(Br)cc1. The van der Waals surface area contributed by atoms with Crippen LogP contribution in [-0.4, -0.2) is 20.6 Å². The molecule has 0 amide bonds. The molecule has 1 aromatic heterocycles. The van der Waals surface area contributed by atoms with Crippen LogP contribution in [-0.2, 0) is 0 Å². The van der Waals surface area contributed by atoms with Crippen molar-refractivity contribution in [2.45, 2.75) is 6.92 Å². The summed E-state index contributed by atoms with van der Waals surface area (Å²) in [5.74, 6) is -0.636. The Kier molecular flexibility index (Phi) is 4.67. The molecule has 4 nitrogen and oxygen atoms in total. The lowest BCUT2D eigenvalue weighted by Gasteiger charge is -2.11. The molecule has 0 unspecified atom stereocenters. The Morgan fingerprint density at radius 1 is 1.17 bits per heavy atom. The minimum atomic E-state index is -1.09. The monoisotopic (exact) mass is 424 g/mol. The first-order valence-corrected chi connectivity index (χ1v) is 8.47. The molecule has 2 aromatic carbocycles. The lowest BCUT2D eigenvalue weighted by Crippen LogP contribution is -2.02. The molecule has 0 bridgehead atoms. The van der Waals surface area contributed by atoms with Gasteiger partial charge in [-0.25, -0.2) is 9.78 Å². The molecule has 1 heterocycles. The van der Waals surface area contributed by atoms with Crippen LogP contribution in [0.1, 0.15) is 16.2 Å². The van der Waals surface area contributed by atoms with Gasteiger partial charge < -0.3 is 5.11 Å². The molecule has 1 N–H and O–H groups in total. The molecule has 0 saturated carbocycles. The Hall–Kier alpha value is -1.82. The predicted octanol–water partition coefficient (Wildman–Crippen LogP) is 5.62. The van der Waals surface area contributed by atoms with Gasteiger partial charge in [0.2, 0.25) is 0 Å². The summed E-state index contributed by atoms with van der Waals surface area (Å²) in [7, 11) is 0. The zero-order valence-electron chi connectivity index (χ0n) is 12.4. The topological polar surface area (TPSA) is 55.1 Å². The van der Waals surface area contributed by atoms with Crippen molar-refractivity contribution in [3.05, 3.63) is 68.4 Å². The van der Waals surface area contributed by atoms with E-state index in [2.05, 4.69) is 20.9 Å². The fourth-order valence-electron chi connectivity index (χ4n) is 2.46. The third kappa shape index (κ3) is 3.07. The van der Waals surface area contributed by atoms with Gasteiger partial charge in [0.25, 0.3) is 0 Å². The third-order valence-electron chi connectivity index (χ3n) is 3.57. The van der Waals surface area contributed by atoms with E-state index in [1.54, 1.807) is 29.7 Å². The third-order valence-corrected chi connectivity index (χ3v) is 4.64. The van der Waals surface area contributed by atoms with Gasteiger partial charge in [-0.05, 0) is 49.4 Å². The van der Waals surface area contributed by atoms with Crippen LogP contribution >= 0.6 is 39.1 Å². The molecule has 0 atom stereocenters. The maximum absolute atomic E-state index is 11.5. The van der Waals surface area contributed by atoms with Crippen molar-refractivity contribution < 1.29 is 9.90 Å². The van der Waals surface area contributed by atoms with E-state index >= 15 is 0 Å². The number of carbonyl (C=O) groups is 1. The Bertz CT molecular complexity index is 937. The average molecular weight is 426 g/mol. The van der Waals surface area contributed by atoms with Gasteiger partial charge in [0.15, 0.2) is 5.69 Å². The van der Waals surface area contributed by atoms with Crippen molar-refractivity contribution in [2.75, 3.05) is 0 Å². The van der Waals surface area contributed by atoms with E-state index in [1.807, 2.05) is 24.3 Å². The summed E-state index contributed by atoms with van der Waals surface area (Å²) in [6.45, 7) is 1.71. The number of rotatable bonds is 3. The number of halogens is 3. The molecule has 24 heavy (non-hydrogen) atoms. The minimum Gasteiger partial charge on any atom is -0.476 e. The van der Waals surface area contributed by atoms with Crippen molar-refractivity contribution in [1.29, 1.82) is 0 Å². The van der Waals surface area contributed by atoms with Crippen LogP contribution < -0.4 is 0 Å². The fourth-order valence-corrected chi connectivity index (χ4v) is 3.22. The predicted molar refractivity (Wildman–Crippen MR) is 98.4 cm³/mol. The zero-order valence-corrected chi connectivity index (χ0v) is 15.5. The number of carboxylic acids is 1. The molecule has 7 heteroatoms. The normalized spacial score (nSPS) is 10.8. The van der Waals surface area contributed by atoms with Gasteiger partial charge >= 0.3 is 5.97 Å². The zero-order chi connectivity index (χ0) is 17.4. The number of hydrogen-bond donors (Lipinski definition) is 1. The van der Waals surface area contributed by atoms with Crippen molar-refractivity contribution >= 4 is 45.1 Å². The van der Waals surface area contributed by atoms with Crippen molar-refractivity contribution in [1.82, 2.24) is 9.55 Å². The molecule has 0 aliphatic heterocycles. The summed E-state index contributed by atoms with van der Waals surface area (Å²) < 4.78 is 2.69. The summed E-state index contributed by atoms with van der Waals surface area (Å²) in [6, 6.07) is 12.5. The first kappa shape index (κ1) is 17.0. The summed E-state index contributed by atoms with van der Waals surface area (Å²) in [4.78, 5) is 15.8. The highest BCUT2D eigenvalue weighted by atomic mass is 79.9. The van der Waals surface area contributed by atoms with E-state index in [0.29, 0.717) is 27.1 Å². The molecule has 0 fully saturated rings. The molecule has 0 aliphatic carbocycles. The van der Waals surface area contributed by atoms with Gasteiger partial charge in [0, 0.05) is 20.7 Å². The molecular formula is C17H11BrCl2N2O2. The first-order valence-electron chi connectivity index (χ1n) is 6.92. The minimum absolute atomic E-state index is 0.0149. The highest BCUT2D eigenvalue weighted by Gasteiger charge is 2.22. The molecule has 0 saturated heterocycles. The molecule has 3 aromatic rings. The highest BCUT2D eigenvalue weighted by Crippen LogP contribution is 2.33. The molecule has 0 aliphatic rings. The maximum atomic E-state index is 11.5. The second-order valence-electron chi connectivity index (χ2n) is 5.11. The quantitative estimate of drug-likeness (QED) is 0.592. The fraction of sp³-hybridized carbons (Fsp3) is 0.0588. The van der Waals surface area contributed by atoms with Crippen LogP contribution in [0.3, 0.4) is 0 Å². The van der Waals surface area contributed by atoms with Gasteiger partial charge in [0.05, 0.1) is 10.7 Å². The lowest BCUT2D eigenvalue weighted by molar-refractivity contribution is 0.0690. The Morgan fingerprint density at radius 3 is 2.42 bits per heavy atom. The Balaban J connectivity index is 2.30. The van der Waals surface area contributed by atoms with Crippen LogP contribution in [0.25, 0.3) is 17.1 Å². The molecule has 0 radical (unpaired) electrons. The van der Waals surface area contributed by atoms with E-state index < -0.39 is 5.97 Å². The summed E-state index contributed by atoms with van der Waals surface area (Å²) in [5, 5.41) is 10.3. The maximum Gasteiger partial charge on any atom is 0.356 e.